The Hall–Kier alpha value is -10.0. The Bertz CT molecular complexity index is 4590. The van der Waals surface area contributed by atoms with Crippen LogP contribution in [0.1, 0.15) is 22.3 Å². The minimum absolute atomic E-state index is 0.587. The first-order chi connectivity index (χ1) is 38.3. The van der Waals surface area contributed by atoms with Crippen LogP contribution in [0.4, 0.5) is 0 Å². The van der Waals surface area contributed by atoms with E-state index in [4.69, 9.17) is 15.0 Å². The second kappa shape index (κ2) is 19.0. The second-order valence-corrected chi connectivity index (χ2v) is 20.5. The molecule has 10 aromatic carbocycles. The van der Waals surface area contributed by atoms with Crippen molar-refractivity contribution in [3.8, 4) is 90.0 Å². The standard InChI is InChI=1S/C72H52N6/c1-45-23-29-56(47(3)39-45)53-27-33-66-62(41-53)58-19-11-13-21-64(58)77(66)68-43-52(49-35-37-73-38-36-49)25-31-60(68)61-32-26-55(72-75-70(50-15-7-5-8-16-50)74-71(76-72)51-17-9-6-10-18-51)44-69(61)78-65-22-14-12-20-59(65)63-42-54(28-34-67(63)78)57-30-24-46(2)40-48(57)4/h5-44H,1-4H3. The number of pyridine rings is 1. The van der Waals surface area contributed by atoms with Gasteiger partial charge in [0, 0.05) is 61.8 Å². The Morgan fingerprint density at radius 1 is 0.269 bits per heavy atom. The van der Waals surface area contributed by atoms with Gasteiger partial charge in [-0.15, -0.1) is 0 Å². The van der Waals surface area contributed by atoms with Crippen molar-refractivity contribution in [3.63, 3.8) is 0 Å². The summed E-state index contributed by atoms with van der Waals surface area (Å²) in [5.41, 5.74) is 23.4. The fourth-order valence-electron chi connectivity index (χ4n) is 11.8. The van der Waals surface area contributed by atoms with E-state index in [0.29, 0.717) is 17.5 Å². The van der Waals surface area contributed by atoms with Crippen molar-refractivity contribution < 1.29 is 0 Å². The van der Waals surface area contributed by atoms with Crippen LogP contribution >= 0.6 is 0 Å². The lowest BCUT2D eigenvalue weighted by Gasteiger charge is -2.21. The number of benzene rings is 10. The largest absolute Gasteiger partial charge is 0.309 e. The number of hydrogen-bond donors (Lipinski definition) is 0. The van der Waals surface area contributed by atoms with Crippen LogP contribution in [-0.4, -0.2) is 29.1 Å². The van der Waals surface area contributed by atoms with Gasteiger partial charge in [0.05, 0.1) is 33.4 Å². The van der Waals surface area contributed by atoms with E-state index in [9.17, 15) is 0 Å². The lowest BCUT2D eigenvalue weighted by Crippen LogP contribution is -2.04. The summed E-state index contributed by atoms with van der Waals surface area (Å²) in [6.45, 7) is 8.73. The molecule has 0 atom stereocenters. The van der Waals surface area contributed by atoms with Gasteiger partial charge in [-0.2, -0.15) is 0 Å². The van der Waals surface area contributed by atoms with Crippen LogP contribution in [0.3, 0.4) is 0 Å². The molecule has 0 aliphatic carbocycles. The van der Waals surface area contributed by atoms with Crippen LogP contribution < -0.4 is 0 Å². The first-order valence-corrected chi connectivity index (χ1v) is 26.6. The Balaban J connectivity index is 1.07. The summed E-state index contributed by atoms with van der Waals surface area (Å²) in [4.78, 5) is 20.0. The summed E-state index contributed by atoms with van der Waals surface area (Å²) in [6.07, 6.45) is 3.74. The number of nitrogens with zero attached hydrogens (tertiary/aromatic N) is 6. The molecule has 6 nitrogen and oxygen atoms in total. The quantitative estimate of drug-likeness (QED) is 0.145. The van der Waals surface area contributed by atoms with Crippen molar-refractivity contribution >= 4 is 43.6 Å². The maximum atomic E-state index is 5.28. The number of hydrogen-bond acceptors (Lipinski definition) is 4. The van der Waals surface area contributed by atoms with Crippen LogP contribution in [-0.2, 0) is 0 Å². The van der Waals surface area contributed by atoms with Gasteiger partial charge in [0.2, 0.25) is 0 Å². The molecule has 0 unspecified atom stereocenters. The molecule has 4 aromatic heterocycles. The van der Waals surface area contributed by atoms with Crippen molar-refractivity contribution in [2.75, 3.05) is 0 Å². The minimum atomic E-state index is 0.587. The molecular weight excluding hydrogens is 949 g/mol. The van der Waals surface area contributed by atoms with Crippen molar-refractivity contribution in [1.82, 2.24) is 29.1 Å². The van der Waals surface area contributed by atoms with E-state index in [1.165, 1.54) is 66.1 Å². The van der Waals surface area contributed by atoms with E-state index < -0.39 is 0 Å². The third kappa shape index (κ3) is 8.05. The SMILES string of the molecule is Cc1ccc(-c2ccc3c(c2)c2ccccc2n3-c2cc(-c3ccncc3)ccc2-c2ccc(-c3nc(-c4ccccc4)nc(-c4ccccc4)n3)cc2-n2c3ccccc3c3cc(-c4ccc(C)cc4C)ccc32)c(C)c1. The first kappa shape index (κ1) is 46.5. The van der Waals surface area contributed by atoms with Crippen molar-refractivity contribution in [2.24, 2.45) is 0 Å². The second-order valence-electron chi connectivity index (χ2n) is 20.5. The molecule has 370 valence electrons. The number of para-hydroxylation sites is 2. The average Bonchev–Trinajstić information content (AvgIpc) is 4.22. The molecule has 0 bridgehead atoms. The van der Waals surface area contributed by atoms with Gasteiger partial charge in [-0.3, -0.25) is 4.98 Å². The smallest absolute Gasteiger partial charge is 0.164 e. The molecule has 0 amide bonds. The Morgan fingerprint density at radius 2 is 0.667 bits per heavy atom. The van der Waals surface area contributed by atoms with Crippen molar-refractivity contribution in [2.45, 2.75) is 27.7 Å². The van der Waals surface area contributed by atoms with Gasteiger partial charge < -0.3 is 9.13 Å². The average molecular weight is 1000 g/mol. The fraction of sp³-hybridized carbons (Fsp3) is 0.0556. The van der Waals surface area contributed by atoms with Crippen LogP contribution in [0, 0.1) is 27.7 Å². The summed E-state index contributed by atoms with van der Waals surface area (Å²) in [6, 6.07) is 83.3. The zero-order valence-electron chi connectivity index (χ0n) is 43.8. The van der Waals surface area contributed by atoms with Crippen molar-refractivity contribution in [1.29, 1.82) is 0 Å². The van der Waals surface area contributed by atoms with Crippen LogP contribution in [0.25, 0.3) is 134 Å². The van der Waals surface area contributed by atoms with Gasteiger partial charge in [-0.05, 0) is 133 Å². The third-order valence-electron chi connectivity index (χ3n) is 15.5. The molecule has 0 saturated carbocycles. The number of aromatic nitrogens is 6. The summed E-state index contributed by atoms with van der Waals surface area (Å²) >= 11 is 0. The van der Waals surface area contributed by atoms with E-state index in [0.717, 1.165) is 72.4 Å². The van der Waals surface area contributed by atoms with E-state index in [-0.39, 0.29) is 0 Å². The predicted molar refractivity (Wildman–Crippen MR) is 323 cm³/mol. The summed E-state index contributed by atoms with van der Waals surface area (Å²) in [5.74, 6) is 1.81. The fourth-order valence-corrected chi connectivity index (χ4v) is 11.8. The number of aryl methyl sites for hydroxylation is 4. The normalized spacial score (nSPS) is 11.6. The Kier molecular flexibility index (Phi) is 11.3. The minimum Gasteiger partial charge on any atom is -0.309 e. The first-order valence-electron chi connectivity index (χ1n) is 26.6. The topological polar surface area (TPSA) is 61.4 Å². The van der Waals surface area contributed by atoms with Crippen LogP contribution in [0.5, 0.6) is 0 Å². The highest BCUT2D eigenvalue weighted by Crippen LogP contribution is 2.45. The highest BCUT2D eigenvalue weighted by atomic mass is 15.0. The maximum absolute atomic E-state index is 5.28. The van der Waals surface area contributed by atoms with Gasteiger partial charge in [0.25, 0.3) is 0 Å². The van der Waals surface area contributed by atoms with E-state index in [2.05, 4.69) is 236 Å². The molecule has 14 aromatic rings. The van der Waals surface area contributed by atoms with Crippen LogP contribution in [0.15, 0.2) is 243 Å². The summed E-state index contributed by atoms with van der Waals surface area (Å²) < 4.78 is 4.93. The third-order valence-corrected chi connectivity index (χ3v) is 15.5. The molecule has 0 fully saturated rings. The zero-order valence-corrected chi connectivity index (χ0v) is 43.8. The summed E-state index contributed by atoms with van der Waals surface area (Å²) in [7, 11) is 0. The highest BCUT2D eigenvalue weighted by molar-refractivity contribution is 6.13. The van der Waals surface area contributed by atoms with Gasteiger partial charge in [-0.25, -0.2) is 15.0 Å². The van der Waals surface area contributed by atoms with E-state index in [1.54, 1.807) is 0 Å². The summed E-state index contributed by atoms with van der Waals surface area (Å²) in [5, 5.41) is 4.73. The molecule has 0 saturated heterocycles. The Labute approximate surface area is 453 Å². The van der Waals surface area contributed by atoms with Gasteiger partial charge in [0.15, 0.2) is 17.5 Å². The highest BCUT2D eigenvalue weighted by Gasteiger charge is 2.24. The van der Waals surface area contributed by atoms with E-state index in [1.807, 2.05) is 48.8 Å². The number of fused-ring (bicyclic) bond motifs is 6. The molecule has 0 aliphatic heterocycles. The monoisotopic (exact) mass is 1000 g/mol. The number of rotatable bonds is 9. The lowest BCUT2D eigenvalue weighted by atomic mass is 9.95. The van der Waals surface area contributed by atoms with E-state index >= 15 is 0 Å². The molecule has 0 spiro atoms. The molecule has 6 heteroatoms. The Morgan fingerprint density at radius 3 is 1.15 bits per heavy atom. The molecule has 14 rings (SSSR count). The lowest BCUT2D eigenvalue weighted by molar-refractivity contribution is 1.07. The molecule has 4 heterocycles. The molecule has 78 heavy (non-hydrogen) atoms. The molecule has 0 radical (unpaired) electrons. The molecular formula is C72H52N6. The molecule has 0 N–H and O–H groups in total. The zero-order chi connectivity index (χ0) is 52.4. The van der Waals surface area contributed by atoms with Gasteiger partial charge >= 0.3 is 0 Å². The van der Waals surface area contributed by atoms with Gasteiger partial charge in [0.1, 0.15) is 0 Å². The molecule has 0 aliphatic rings. The van der Waals surface area contributed by atoms with Crippen LogP contribution in [0.2, 0.25) is 0 Å². The predicted octanol–water partition coefficient (Wildman–Crippen LogP) is 18.4. The van der Waals surface area contributed by atoms with Gasteiger partial charge in [-0.1, -0.05) is 181 Å². The maximum Gasteiger partial charge on any atom is 0.164 e. The van der Waals surface area contributed by atoms with Crippen molar-refractivity contribution in [3.05, 3.63) is 265 Å².